The van der Waals surface area contributed by atoms with Crippen molar-refractivity contribution in [1.29, 1.82) is 0 Å². The van der Waals surface area contributed by atoms with Crippen molar-refractivity contribution < 1.29 is 0 Å². The molecule has 0 saturated carbocycles. The number of aryl methyl sites for hydroxylation is 1. The monoisotopic (exact) mass is 941 g/mol. The first-order valence-corrected chi connectivity index (χ1v) is 27.4. The van der Waals surface area contributed by atoms with Gasteiger partial charge >= 0.3 is 0 Å². The molecule has 8 unspecified atom stereocenters. The fourth-order valence-electron chi connectivity index (χ4n) is 13.7. The summed E-state index contributed by atoms with van der Waals surface area (Å²) in [6, 6.07) is 78.5. The van der Waals surface area contributed by atoms with Gasteiger partial charge in [0.2, 0.25) is 0 Å². The number of hydrogen-bond acceptors (Lipinski definition) is 0. The second kappa shape index (κ2) is 23.4. The van der Waals surface area contributed by atoms with Crippen LogP contribution in [0, 0.1) is 11.8 Å². The summed E-state index contributed by atoms with van der Waals surface area (Å²) in [5, 5.41) is 0. The van der Waals surface area contributed by atoms with Crippen LogP contribution < -0.4 is 0 Å². The Morgan fingerprint density at radius 1 is 0.296 bits per heavy atom. The van der Waals surface area contributed by atoms with Gasteiger partial charge in [-0.3, -0.25) is 0 Å². The summed E-state index contributed by atoms with van der Waals surface area (Å²) < 4.78 is 0. The minimum atomic E-state index is -0.113. The van der Waals surface area contributed by atoms with Crippen molar-refractivity contribution >= 4 is 0 Å². The molecule has 7 rings (SSSR count). The van der Waals surface area contributed by atoms with Crippen LogP contribution in [0.5, 0.6) is 0 Å². The molecule has 7 aromatic carbocycles. The van der Waals surface area contributed by atoms with Crippen molar-refractivity contribution in [3.05, 3.63) is 251 Å². The Labute approximate surface area is 432 Å². The lowest BCUT2D eigenvalue weighted by molar-refractivity contribution is 0.207. The lowest BCUT2D eigenvalue weighted by Gasteiger charge is -2.46. The van der Waals surface area contributed by atoms with Crippen LogP contribution >= 0.6 is 0 Å². The molecule has 0 aliphatic rings. The van der Waals surface area contributed by atoms with Gasteiger partial charge in [-0.1, -0.05) is 288 Å². The lowest BCUT2D eigenvalue weighted by atomic mass is 9.57. The molecule has 71 heavy (non-hydrogen) atoms. The van der Waals surface area contributed by atoms with Gasteiger partial charge in [0, 0.05) is 0 Å². The van der Waals surface area contributed by atoms with E-state index in [1.165, 1.54) is 70.2 Å². The van der Waals surface area contributed by atoms with Crippen LogP contribution in [0.1, 0.15) is 172 Å². The maximum absolute atomic E-state index is 2.58. The van der Waals surface area contributed by atoms with Crippen LogP contribution in [0.2, 0.25) is 0 Å². The van der Waals surface area contributed by atoms with Gasteiger partial charge in [0.1, 0.15) is 0 Å². The fourth-order valence-corrected chi connectivity index (χ4v) is 13.7. The summed E-state index contributed by atoms with van der Waals surface area (Å²) in [4.78, 5) is 0. The smallest absolute Gasteiger partial charge is 0.00266 e. The van der Waals surface area contributed by atoms with Crippen LogP contribution in [0.15, 0.2) is 206 Å². The molecule has 0 aliphatic heterocycles. The number of hydrogen-bond donors (Lipinski definition) is 0. The molecule has 0 saturated heterocycles. The topological polar surface area (TPSA) is 0 Å². The highest BCUT2D eigenvalue weighted by molar-refractivity contribution is 5.38. The third-order valence-corrected chi connectivity index (χ3v) is 17.5. The van der Waals surface area contributed by atoms with Crippen LogP contribution in [0.4, 0.5) is 0 Å². The first kappa shape index (κ1) is 53.3. The van der Waals surface area contributed by atoms with Gasteiger partial charge in [0.15, 0.2) is 0 Å². The van der Waals surface area contributed by atoms with Crippen molar-refractivity contribution in [3.63, 3.8) is 0 Å². The molecule has 0 aromatic heterocycles. The zero-order valence-corrected chi connectivity index (χ0v) is 45.6. The van der Waals surface area contributed by atoms with Crippen LogP contribution in [-0.2, 0) is 45.3 Å². The number of benzene rings is 7. The highest BCUT2D eigenvalue weighted by atomic mass is 14.5. The van der Waals surface area contributed by atoms with Gasteiger partial charge in [0.25, 0.3) is 0 Å². The molecule has 7 aromatic rings. The Kier molecular flexibility index (Phi) is 17.6. The van der Waals surface area contributed by atoms with E-state index in [1.807, 2.05) is 0 Å². The third-order valence-electron chi connectivity index (χ3n) is 17.5. The predicted octanol–water partition coefficient (Wildman–Crippen LogP) is 19.3. The Balaban J connectivity index is 1.19. The van der Waals surface area contributed by atoms with Gasteiger partial charge in [-0.25, -0.2) is 0 Å². The van der Waals surface area contributed by atoms with Gasteiger partial charge in [-0.05, 0) is 147 Å². The van der Waals surface area contributed by atoms with E-state index in [2.05, 4.69) is 275 Å². The lowest BCUT2D eigenvalue weighted by Crippen LogP contribution is -2.41. The van der Waals surface area contributed by atoms with E-state index in [1.54, 1.807) is 0 Å². The Morgan fingerprint density at radius 3 is 0.873 bits per heavy atom. The summed E-state index contributed by atoms with van der Waals surface area (Å²) in [6.07, 6.45) is 12.0. The molecule has 0 heterocycles. The van der Waals surface area contributed by atoms with E-state index in [9.17, 15) is 0 Å². The molecule has 0 radical (unpaired) electrons. The SMILES string of the molecule is CCC(C)CC(C)(CC(C)(CC(C)(CCc1ccc(CC(C)(CC(C)(CC(C)(CC(C)CC)c2ccccc2)c2ccccc2)c2ccccc2)cc1)c1ccccc1)c1ccccc1)c1ccccc1. The van der Waals surface area contributed by atoms with Crippen molar-refractivity contribution in [2.45, 2.75) is 172 Å². The number of rotatable bonds is 25. The zero-order valence-electron chi connectivity index (χ0n) is 45.6. The largest absolute Gasteiger partial charge is 0.0651 e. The quantitative estimate of drug-likeness (QED) is 0.0536. The standard InChI is InChI=1S/C71H88/c1-11-56(3)49-67(6,61-33-21-14-22-34-61)53-70(9,64-39-27-17-28-40-64)52-66(5,60-31-19-13-20-32-60)48-47-58-43-45-59(46-44-58)51-69(8,63-37-25-16-26-38-63)55-71(10,65-41-29-18-30-42-65)54-68(7,50-57(4)12-2)62-35-23-15-24-36-62/h13-46,56-57H,11-12,47-55H2,1-10H3. The Morgan fingerprint density at radius 2 is 0.549 bits per heavy atom. The van der Waals surface area contributed by atoms with Crippen molar-refractivity contribution in [2.75, 3.05) is 0 Å². The summed E-state index contributed by atoms with van der Waals surface area (Å²) in [5.74, 6) is 1.27. The summed E-state index contributed by atoms with van der Waals surface area (Å²) >= 11 is 0. The van der Waals surface area contributed by atoms with Crippen molar-refractivity contribution in [3.8, 4) is 0 Å². The average Bonchev–Trinajstić information content (AvgIpc) is 3.39. The van der Waals surface area contributed by atoms with Gasteiger partial charge < -0.3 is 0 Å². The summed E-state index contributed by atoms with van der Waals surface area (Å²) in [5.41, 5.74) is 11.2. The molecule has 0 nitrogen and oxygen atoms in total. The van der Waals surface area contributed by atoms with E-state index in [-0.39, 0.29) is 32.5 Å². The van der Waals surface area contributed by atoms with Gasteiger partial charge in [-0.15, -0.1) is 0 Å². The van der Waals surface area contributed by atoms with Crippen molar-refractivity contribution in [1.82, 2.24) is 0 Å². The molecule has 8 atom stereocenters. The molecule has 0 fully saturated rings. The highest BCUT2D eigenvalue weighted by Gasteiger charge is 2.45. The molecular formula is C71H88. The van der Waals surface area contributed by atoms with Gasteiger partial charge in [-0.2, -0.15) is 0 Å². The summed E-state index contributed by atoms with van der Waals surface area (Å²) in [7, 11) is 0. The Hall–Kier alpha value is -5.46. The molecular weight excluding hydrogens is 853 g/mol. The minimum absolute atomic E-state index is 0.0164. The van der Waals surface area contributed by atoms with Crippen LogP contribution in [0.3, 0.4) is 0 Å². The molecule has 0 spiro atoms. The Bertz CT molecular complexity index is 2620. The fraction of sp³-hybridized carbons (Fsp3) is 0.408. The van der Waals surface area contributed by atoms with E-state index in [4.69, 9.17) is 0 Å². The molecule has 0 heteroatoms. The average molecular weight is 941 g/mol. The normalized spacial score (nSPS) is 17.8. The molecule has 0 N–H and O–H groups in total. The van der Waals surface area contributed by atoms with Crippen LogP contribution in [-0.4, -0.2) is 0 Å². The second-order valence-electron chi connectivity index (χ2n) is 24.2. The van der Waals surface area contributed by atoms with Crippen LogP contribution in [0.25, 0.3) is 0 Å². The van der Waals surface area contributed by atoms with E-state index in [0.717, 1.165) is 44.9 Å². The van der Waals surface area contributed by atoms with E-state index in [0.29, 0.717) is 11.8 Å². The maximum Gasteiger partial charge on any atom is -0.00266 e. The van der Waals surface area contributed by atoms with E-state index < -0.39 is 0 Å². The first-order chi connectivity index (χ1) is 34.0. The third kappa shape index (κ3) is 13.3. The first-order valence-electron chi connectivity index (χ1n) is 27.4. The summed E-state index contributed by atoms with van der Waals surface area (Å²) in [6.45, 7) is 25.0. The van der Waals surface area contributed by atoms with Gasteiger partial charge in [0.05, 0.1) is 0 Å². The predicted molar refractivity (Wildman–Crippen MR) is 308 cm³/mol. The highest BCUT2D eigenvalue weighted by Crippen LogP contribution is 2.52. The molecule has 0 amide bonds. The molecule has 0 bridgehead atoms. The van der Waals surface area contributed by atoms with E-state index >= 15 is 0 Å². The minimum Gasteiger partial charge on any atom is -0.0651 e. The zero-order chi connectivity index (χ0) is 50.6. The second-order valence-corrected chi connectivity index (χ2v) is 24.2. The maximum atomic E-state index is 2.58. The molecule has 372 valence electrons. The molecule has 0 aliphatic carbocycles. The van der Waals surface area contributed by atoms with Crippen molar-refractivity contribution in [2.24, 2.45) is 11.8 Å².